The van der Waals surface area contributed by atoms with Crippen molar-refractivity contribution >= 4 is 46.9 Å². The lowest BCUT2D eigenvalue weighted by Crippen LogP contribution is -2.23. The number of amides is 1. The summed E-state index contributed by atoms with van der Waals surface area (Å²) in [5.74, 6) is -1.04. The van der Waals surface area contributed by atoms with Crippen molar-refractivity contribution in [3.63, 3.8) is 0 Å². The Morgan fingerprint density at radius 3 is 1.71 bits per heavy atom. The van der Waals surface area contributed by atoms with Gasteiger partial charge < -0.3 is 14.4 Å². The van der Waals surface area contributed by atoms with Crippen LogP contribution in [-0.4, -0.2) is 35.3 Å². The van der Waals surface area contributed by atoms with E-state index in [0.29, 0.717) is 24.2 Å². The van der Waals surface area contributed by atoms with Gasteiger partial charge in [0.05, 0.1) is 30.5 Å². The lowest BCUT2D eigenvalue weighted by molar-refractivity contribution is -0.143. The molecule has 0 aliphatic heterocycles. The van der Waals surface area contributed by atoms with E-state index in [0.717, 1.165) is 0 Å². The van der Waals surface area contributed by atoms with E-state index in [-0.39, 0.29) is 41.6 Å². The van der Waals surface area contributed by atoms with Gasteiger partial charge >= 0.3 is 19.9 Å². The third kappa shape index (κ3) is 12.2. The lowest BCUT2D eigenvalue weighted by Gasteiger charge is -2.24. The van der Waals surface area contributed by atoms with Crippen LogP contribution in [0, 0.1) is 0 Å². The number of rotatable bonds is 12. The third-order valence-electron chi connectivity index (χ3n) is 5.81. The van der Waals surface area contributed by atoms with Gasteiger partial charge in [0.15, 0.2) is 0 Å². The number of nitrogens with one attached hydrogen (secondary N) is 1. The van der Waals surface area contributed by atoms with Crippen LogP contribution >= 0.6 is 19.2 Å². The van der Waals surface area contributed by atoms with Gasteiger partial charge in [-0.1, -0.05) is 56.9 Å². The van der Waals surface area contributed by atoms with Gasteiger partial charge in [0.25, 0.3) is 5.91 Å². The highest BCUT2D eigenvalue weighted by molar-refractivity contribution is 7.53. The van der Waals surface area contributed by atoms with Gasteiger partial charge in [-0.25, -0.2) is 0 Å². The summed E-state index contributed by atoms with van der Waals surface area (Å²) in [4.78, 5) is 13.2. The van der Waals surface area contributed by atoms with Crippen molar-refractivity contribution in [3.05, 3.63) is 63.7 Å². The first-order chi connectivity index (χ1) is 18.5. The Balaban J connectivity index is 2.43. The van der Waals surface area contributed by atoms with E-state index in [1.165, 1.54) is 18.2 Å². The van der Waals surface area contributed by atoms with Crippen LogP contribution in [0.1, 0.15) is 27.0 Å². The number of benzene rings is 2. The Hall–Kier alpha value is -1.64. The van der Waals surface area contributed by atoms with E-state index in [4.69, 9.17) is 20.6 Å². The molecule has 1 amide bonds. The molecule has 41 heavy (non-hydrogen) atoms. The smallest absolute Gasteiger partial charge is 0.322 e. The van der Waals surface area contributed by atoms with Crippen LogP contribution in [0.3, 0.4) is 0 Å². The molecule has 5 nitrogen and oxygen atoms in total. The summed E-state index contributed by atoms with van der Waals surface area (Å²) in [5, 5.41) is 2.18. The minimum atomic E-state index is -5.09. The minimum Gasteiger partial charge on any atom is -0.322 e. The molecule has 1 N–H and O–H groups in total. The second kappa shape index (κ2) is 13.3. The fourth-order valence-corrected chi connectivity index (χ4v) is 7.08. The molecular weight excluding hydrogens is 627 g/mol. The van der Waals surface area contributed by atoms with Crippen molar-refractivity contribution in [1.29, 1.82) is 0 Å². The lowest BCUT2D eigenvalue weighted by atomic mass is 10.1. The molecule has 0 unspecified atom stereocenters. The molecule has 230 valence electrons. The van der Waals surface area contributed by atoms with Crippen LogP contribution < -0.4 is 5.32 Å². The molecular formula is C26H35ClF6NO4PSi2. The van der Waals surface area contributed by atoms with Gasteiger partial charge in [0.2, 0.25) is 0 Å². The highest BCUT2D eigenvalue weighted by Crippen LogP contribution is 2.52. The molecule has 2 aromatic carbocycles. The predicted molar refractivity (Wildman–Crippen MR) is 155 cm³/mol. The van der Waals surface area contributed by atoms with Gasteiger partial charge in [0, 0.05) is 32.4 Å². The highest BCUT2D eigenvalue weighted by atomic mass is 35.5. The number of halogens is 7. The molecule has 0 heterocycles. The van der Waals surface area contributed by atoms with Crippen LogP contribution in [-0.2, 0) is 32.1 Å². The molecule has 0 atom stereocenters. The first-order valence-corrected chi connectivity index (χ1v) is 22.3. The summed E-state index contributed by atoms with van der Waals surface area (Å²) in [6.07, 6.45) is -10.5. The fourth-order valence-electron chi connectivity index (χ4n) is 3.44. The minimum absolute atomic E-state index is 0.0354. The summed E-state index contributed by atoms with van der Waals surface area (Å²) in [6.45, 7) is 13.0. The van der Waals surface area contributed by atoms with Crippen LogP contribution in [0.5, 0.6) is 0 Å². The van der Waals surface area contributed by atoms with Gasteiger partial charge in [-0.2, -0.15) is 26.3 Å². The molecule has 2 aromatic rings. The Kier molecular flexibility index (Phi) is 11.6. The van der Waals surface area contributed by atoms with Crippen LogP contribution in [0.4, 0.5) is 32.0 Å². The molecule has 2 rings (SSSR count). The number of hydrogen-bond donors (Lipinski definition) is 1. The Morgan fingerprint density at radius 1 is 0.829 bits per heavy atom. The standard InChI is InChI=1S/C26H35ClF6NO4PSi2/c1-40(2,3)11-9-37-39(36,38-10-12-41(4,5)6)17-18-7-8-21(27)16-23(18)24(35)34-22-14-19(25(28,29)30)13-20(15-22)26(31,32)33/h7-8,13-16H,9-12,17H2,1-6H3,(H,34,35). The molecule has 15 heteroatoms. The molecule has 0 saturated heterocycles. The maximum Gasteiger partial charge on any atom is 0.416 e. The van der Waals surface area contributed by atoms with Gasteiger partial charge in [0.1, 0.15) is 0 Å². The largest absolute Gasteiger partial charge is 0.416 e. The second-order valence-corrected chi connectivity index (χ2v) is 25.8. The van der Waals surface area contributed by atoms with E-state index in [9.17, 15) is 35.7 Å². The number of carbonyl (C=O) groups is 1. The zero-order chi connectivity index (χ0) is 31.4. The average Bonchev–Trinajstić information content (AvgIpc) is 2.77. The van der Waals surface area contributed by atoms with E-state index in [1.54, 1.807) is 0 Å². The maximum atomic E-state index is 13.9. The second-order valence-electron chi connectivity index (χ2n) is 12.1. The van der Waals surface area contributed by atoms with Crippen molar-refractivity contribution in [2.45, 2.75) is 69.9 Å². The van der Waals surface area contributed by atoms with Crippen LogP contribution in [0.2, 0.25) is 56.4 Å². The van der Waals surface area contributed by atoms with Crippen molar-refractivity contribution < 1.29 is 44.7 Å². The van der Waals surface area contributed by atoms with Gasteiger partial charge in [-0.3, -0.25) is 9.36 Å². The zero-order valence-electron chi connectivity index (χ0n) is 23.7. The molecule has 0 aliphatic rings. The zero-order valence-corrected chi connectivity index (χ0v) is 27.4. The molecule has 0 aromatic heterocycles. The molecule has 0 bridgehead atoms. The monoisotopic (exact) mass is 661 g/mol. The Morgan fingerprint density at radius 2 is 1.29 bits per heavy atom. The Bertz CT molecular complexity index is 1220. The average molecular weight is 662 g/mol. The number of alkyl halides is 6. The van der Waals surface area contributed by atoms with Crippen LogP contribution in [0.25, 0.3) is 0 Å². The van der Waals surface area contributed by atoms with Crippen molar-refractivity contribution in [2.75, 3.05) is 18.5 Å². The number of hydrogen-bond acceptors (Lipinski definition) is 4. The fraction of sp³-hybridized carbons (Fsp3) is 0.500. The number of anilines is 1. The quantitative estimate of drug-likeness (QED) is 0.140. The van der Waals surface area contributed by atoms with Gasteiger partial charge in [-0.15, -0.1) is 0 Å². The summed E-state index contributed by atoms with van der Waals surface area (Å²) in [5.41, 5.74) is -3.91. The molecule has 0 aliphatic carbocycles. The van der Waals surface area contributed by atoms with E-state index < -0.39 is 58.8 Å². The first-order valence-electron chi connectivity index (χ1n) is 12.7. The maximum absolute atomic E-state index is 13.9. The first kappa shape index (κ1) is 35.6. The Labute approximate surface area is 243 Å². The summed E-state index contributed by atoms with van der Waals surface area (Å²) < 4.78 is 105. The van der Waals surface area contributed by atoms with Crippen molar-refractivity contribution in [2.24, 2.45) is 0 Å². The van der Waals surface area contributed by atoms with E-state index in [2.05, 4.69) is 44.6 Å². The van der Waals surface area contributed by atoms with Gasteiger partial charge in [-0.05, 0) is 48.0 Å². The SMILES string of the molecule is C[Si](C)(C)CCOP(=O)(Cc1ccc(Cl)cc1C(=O)Nc1cc(C(F)(F)F)cc(C(F)(F)F)c1)OCC[Si](C)(C)C. The summed E-state index contributed by atoms with van der Waals surface area (Å²) in [6, 6.07) is 6.18. The van der Waals surface area contributed by atoms with E-state index in [1.807, 2.05) is 0 Å². The molecule has 0 saturated carbocycles. The highest BCUT2D eigenvalue weighted by Gasteiger charge is 2.37. The molecule has 0 fully saturated rings. The molecule has 0 spiro atoms. The van der Waals surface area contributed by atoms with Crippen LogP contribution in [0.15, 0.2) is 36.4 Å². The normalized spacial score (nSPS) is 13.4. The summed E-state index contributed by atoms with van der Waals surface area (Å²) >= 11 is 6.07. The number of carbonyl (C=O) groups excluding carboxylic acids is 1. The van der Waals surface area contributed by atoms with Crippen molar-refractivity contribution in [3.8, 4) is 0 Å². The summed E-state index contributed by atoms with van der Waals surface area (Å²) in [7, 11) is -6.94. The molecule has 0 radical (unpaired) electrons. The third-order valence-corrected chi connectivity index (χ3v) is 11.3. The van der Waals surface area contributed by atoms with E-state index >= 15 is 0 Å². The topological polar surface area (TPSA) is 64.6 Å². The predicted octanol–water partition coefficient (Wildman–Crippen LogP) is 10.0. The van der Waals surface area contributed by atoms with Crippen molar-refractivity contribution in [1.82, 2.24) is 0 Å².